The Balaban J connectivity index is 2.14. The molecule has 5 heteroatoms. The van der Waals surface area contributed by atoms with E-state index in [0.29, 0.717) is 12.4 Å². The summed E-state index contributed by atoms with van der Waals surface area (Å²) in [5.74, 6) is 0.791. The molecule has 5 atom stereocenters. The van der Waals surface area contributed by atoms with Gasteiger partial charge in [-0.15, -0.1) is 11.6 Å². The highest BCUT2D eigenvalue weighted by Gasteiger charge is 2.52. The Hall–Kier alpha value is -0.580. The summed E-state index contributed by atoms with van der Waals surface area (Å²) in [4.78, 5) is 10.9. The van der Waals surface area contributed by atoms with Crippen molar-refractivity contribution in [3.63, 3.8) is 0 Å². The van der Waals surface area contributed by atoms with E-state index in [1.807, 2.05) is 6.92 Å². The van der Waals surface area contributed by atoms with E-state index >= 15 is 0 Å². The molecule has 2 aliphatic rings. The molecule has 0 radical (unpaired) electrons. The first kappa shape index (κ1) is 15.8. The van der Waals surface area contributed by atoms with Crippen LogP contribution in [0.25, 0.3) is 0 Å². The van der Waals surface area contributed by atoms with Crippen LogP contribution in [-0.2, 0) is 9.53 Å². The summed E-state index contributed by atoms with van der Waals surface area (Å²) in [5, 5.41) is 14.0. The minimum atomic E-state index is -0.693. The van der Waals surface area contributed by atoms with Crippen LogP contribution in [0.2, 0.25) is 0 Å². The number of allylic oxidation sites excluding steroid dienone is 1. The van der Waals surface area contributed by atoms with Crippen LogP contribution in [0.3, 0.4) is 0 Å². The number of rotatable bonds is 6. The lowest BCUT2D eigenvalue weighted by molar-refractivity contribution is -0.151. The van der Waals surface area contributed by atoms with Crippen molar-refractivity contribution < 1.29 is 14.6 Å². The molecule has 1 aliphatic heterocycles. The van der Waals surface area contributed by atoms with Gasteiger partial charge in [-0.3, -0.25) is 4.79 Å². The molecule has 1 saturated heterocycles. The first-order valence-electron chi connectivity index (χ1n) is 7.39. The highest BCUT2D eigenvalue weighted by Crippen LogP contribution is 2.37. The number of nitrogens with one attached hydrogen (secondary N) is 1. The molecule has 0 unspecified atom stereocenters. The van der Waals surface area contributed by atoms with Gasteiger partial charge in [0.15, 0.2) is 0 Å². The maximum absolute atomic E-state index is 10.9. The van der Waals surface area contributed by atoms with Crippen LogP contribution in [0.5, 0.6) is 0 Å². The third-order valence-corrected chi connectivity index (χ3v) is 5.06. The Labute approximate surface area is 125 Å². The summed E-state index contributed by atoms with van der Waals surface area (Å²) >= 11 is 5.84. The van der Waals surface area contributed by atoms with Crippen LogP contribution in [-0.4, -0.2) is 41.8 Å². The average Bonchev–Trinajstić information content (AvgIpc) is 2.77. The molecule has 0 bridgehead atoms. The SMILES string of the molecule is C[C@]1(OC=O)[C@@H](CCCl)CN[C@H]1[C@@H](O)[C@@H]1C=CCCC1. The summed E-state index contributed by atoms with van der Waals surface area (Å²) in [7, 11) is 0. The van der Waals surface area contributed by atoms with E-state index in [-0.39, 0.29) is 17.9 Å². The monoisotopic (exact) mass is 301 g/mol. The Morgan fingerprint density at radius 1 is 1.65 bits per heavy atom. The third kappa shape index (κ3) is 3.02. The molecule has 20 heavy (non-hydrogen) atoms. The maximum Gasteiger partial charge on any atom is 0.293 e. The number of aliphatic hydroxyl groups is 1. The molecule has 1 aliphatic carbocycles. The van der Waals surface area contributed by atoms with Crippen molar-refractivity contribution >= 4 is 18.1 Å². The number of halogens is 1. The number of carbonyl (C=O) groups excluding carboxylic acids is 1. The first-order chi connectivity index (χ1) is 9.63. The van der Waals surface area contributed by atoms with Crippen molar-refractivity contribution in [2.75, 3.05) is 12.4 Å². The summed E-state index contributed by atoms with van der Waals surface area (Å²) < 4.78 is 5.39. The van der Waals surface area contributed by atoms with Gasteiger partial charge in [-0.05, 0) is 32.6 Å². The molecular weight excluding hydrogens is 278 g/mol. The predicted molar refractivity (Wildman–Crippen MR) is 78.7 cm³/mol. The van der Waals surface area contributed by atoms with Gasteiger partial charge >= 0.3 is 0 Å². The van der Waals surface area contributed by atoms with Crippen LogP contribution < -0.4 is 5.32 Å². The summed E-state index contributed by atoms with van der Waals surface area (Å²) in [6.07, 6.45) is 7.60. The quantitative estimate of drug-likeness (QED) is 0.447. The van der Waals surface area contributed by atoms with E-state index in [0.717, 1.165) is 32.2 Å². The fourth-order valence-corrected chi connectivity index (χ4v) is 3.82. The summed E-state index contributed by atoms with van der Waals surface area (Å²) in [5.41, 5.74) is -0.693. The lowest BCUT2D eigenvalue weighted by Gasteiger charge is -2.38. The first-order valence-corrected chi connectivity index (χ1v) is 7.92. The zero-order valence-electron chi connectivity index (χ0n) is 11.9. The van der Waals surface area contributed by atoms with Gasteiger partial charge in [0.1, 0.15) is 5.60 Å². The van der Waals surface area contributed by atoms with Crippen LogP contribution >= 0.6 is 11.6 Å². The summed E-state index contributed by atoms with van der Waals surface area (Å²) in [6.45, 7) is 3.11. The van der Waals surface area contributed by atoms with Gasteiger partial charge in [0.25, 0.3) is 6.47 Å². The van der Waals surface area contributed by atoms with Gasteiger partial charge in [-0.25, -0.2) is 0 Å². The largest absolute Gasteiger partial charge is 0.459 e. The Kier molecular flexibility index (Phi) is 5.47. The van der Waals surface area contributed by atoms with E-state index in [9.17, 15) is 9.90 Å². The van der Waals surface area contributed by atoms with Crippen molar-refractivity contribution in [1.29, 1.82) is 0 Å². The molecular formula is C15H24ClNO3. The fraction of sp³-hybridized carbons (Fsp3) is 0.800. The van der Waals surface area contributed by atoms with Crippen LogP contribution in [0.4, 0.5) is 0 Å². The molecule has 0 spiro atoms. The normalized spacial score (nSPS) is 38.6. The van der Waals surface area contributed by atoms with Gasteiger partial charge in [0.2, 0.25) is 0 Å². The highest BCUT2D eigenvalue weighted by molar-refractivity contribution is 6.17. The molecule has 114 valence electrons. The molecule has 4 nitrogen and oxygen atoms in total. The minimum absolute atomic E-state index is 0.130. The van der Waals surface area contributed by atoms with Crippen molar-refractivity contribution in [3.05, 3.63) is 12.2 Å². The topological polar surface area (TPSA) is 58.6 Å². The second-order valence-electron chi connectivity index (χ2n) is 5.97. The van der Waals surface area contributed by atoms with Crippen molar-refractivity contribution in [3.8, 4) is 0 Å². The molecule has 2 N–H and O–H groups in total. The Bertz CT molecular complexity index is 363. The minimum Gasteiger partial charge on any atom is -0.459 e. The number of ether oxygens (including phenoxy) is 1. The lowest BCUT2D eigenvalue weighted by Crippen LogP contribution is -2.54. The van der Waals surface area contributed by atoms with Gasteiger partial charge < -0.3 is 15.2 Å². The zero-order valence-corrected chi connectivity index (χ0v) is 12.7. The maximum atomic E-state index is 10.9. The smallest absolute Gasteiger partial charge is 0.293 e. The second-order valence-corrected chi connectivity index (χ2v) is 6.35. The van der Waals surface area contributed by atoms with E-state index < -0.39 is 11.7 Å². The van der Waals surface area contributed by atoms with Crippen molar-refractivity contribution in [1.82, 2.24) is 5.32 Å². The number of carbonyl (C=O) groups is 1. The molecule has 1 fully saturated rings. The van der Waals surface area contributed by atoms with Crippen molar-refractivity contribution in [2.24, 2.45) is 11.8 Å². The Morgan fingerprint density at radius 3 is 3.05 bits per heavy atom. The second kappa shape index (κ2) is 6.92. The lowest BCUT2D eigenvalue weighted by atomic mass is 9.78. The summed E-state index contributed by atoms with van der Waals surface area (Å²) in [6, 6.07) is -0.242. The van der Waals surface area contributed by atoms with E-state index in [4.69, 9.17) is 16.3 Å². The van der Waals surface area contributed by atoms with Gasteiger partial charge in [0.05, 0.1) is 12.1 Å². The zero-order chi connectivity index (χ0) is 14.6. The van der Waals surface area contributed by atoms with E-state index in [1.165, 1.54) is 0 Å². The molecule has 0 aromatic heterocycles. The van der Waals surface area contributed by atoms with Crippen LogP contribution in [0.1, 0.15) is 32.6 Å². The molecule has 0 saturated carbocycles. The number of alkyl halides is 1. The molecule has 0 aromatic carbocycles. The third-order valence-electron chi connectivity index (χ3n) is 4.84. The van der Waals surface area contributed by atoms with Crippen LogP contribution in [0, 0.1) is 11.8 Å². The van der Waals surface area contributed by atoms with Gasteiger partial charge in [0, 0.05) is 24.3 Å². The fourth-order valence-electron chi connectivity index (χ4n) is 3.55. The number of aliphatic hydroxyl groups excluding tert-OH is 1. The van der Waals surface area contributed by atoms with E-state index in [2.05, 4.69) is 17.5 Å². The standard InChI is InChI=1S/C15H24ClNO3/c1-15(20-10-18)12(7-8-16)9-17-14(15)13(19)11-5-3-2-4-6-11/h3,5,10-14,17,19H,2,4,6-9H2,1H3/t11-,12+,13+,14+,15+/m1/s1. The Morgan fingerprint density at radius 2 is 2.45 bits per heavy atom. The number of hydrogen-bond donors (Lipinski definition) is 2. The molecule has 0 amide bonds. The number of hydrogen-bond acceptors (Lipinski definition) is 4. The molecule has 0 aromatic rings. The molecule has 1 heterocycles. The molecule has 2 rings (SSSR count). The van der Waals surface area contributed by atoms with Gasteiger partial charge in [-0.1, -0.05) is 12.2 Å². The average molecular weight is 302 g/mol. The van der Waals surface area contributed by atoms with Crippen molar-refractivity contribution in [2.45, 2.75) is 50.4 Å². The van der Waals surface area contributed by atoms with E-state index in [1.54, 1.807) is 0 Å². The van der Waals surface area contributed by atoms with Crippen LogP contribution in [0.15, 0.2) is 12.2 Å². The van der Waals surface area contributed by atoms with Gasteiger partial charge in [-0.2, -0.15) is 0 Å². The highest BCUT2D eigenvalue weighted by atomic mass is 35.5. The predicted octanol–water partition coefficient (Wildman–Crippen LogP) is 1.85.